The summed E-state index contributed by atoms with van der Waals surface area (Å²) in [5.41, 5.74) is 1.78. The predicted octanol–water partition coefficient (Wildman–Crippen LogP) is 4.72. The Morgan fingerprint density at radius 3 is 2.43 bits per heavy atom. The molecule has 7 heteroatoms. The second-order valence-electron chi connectivity index (χ2n) is 8.66. The monoisotopic (exact) mass is 433 g/mol. The van der Waals surface area contributed by atoms with Crippen LogP contribution in [-0.2, 0) is 10.0 Å². The van der Waals surface area contributed by atoms with Crippen LogP contribution in [0.25, 0.3) is 0 Å². The lowest BCUT2D eigenvalue weighted by atomic mass is 9.90. The fraction of sp³-hybridized carbons (Fsp3) is 0.478. The Morgan fingerprint density at radius 1 is 1.13 bits per heavy atom. The first-order valence-corrected chi connectivity index (χ1v) is 11.5. The van der Waals surface area contributed by atoms with E-state index >= 15 is 0 Å². The topological polar surface area (TPSA) is 73.9 Å². The molecule has 0 aliphatic carbocycles. The molecule has 2 aromatic rings. The molecular weight excluding hydrogens is 402 g/mol. The number of methoxy groups -OCH3 is 2. The standard InChI is InChI=1S/C23H31NO5S/c1-14(2)18-12-22(15(3)10-20(18)28-7)30(25,26)24-19-13-23(4,5)29-21-11-16(27-6)8-9-17(19)21/h8-12,14,19,24H,13H2,1-7H3/t19-/m0/s1. The highest BCUT2D eigenvalue weighted by Gasteiger charge is 2.36. The summed E-state index contributed by atoms with van der Waals surface area (Å²) in [7, 11) is -0.581. The lowest BCUT2D eigenvalue weighted by Crippen LogP contribution is -2.41. The number of hydrogen-bond donors (Lipinski definition) is 1. The molecule has 0 spiro atoms. The highest BCUT2D eigenvalue weighted by molar-refractivity contribution is 7.89. The zero-order chi connectivity index (χ0) is 22.3. The molecule has 0 amide bonds. The Kier molecular flexibility index (Phi) is 6.07. The van der Waals surface area contributed by atoms with E-state index in [0.717, 1.165) is 11.1 Å². The fourth-order valence-corrected chi connectivity index (χ4v) is 5.39. The van der Waals surface area contributed by atoms with Gasteiger partial charge in [-0.3, -0.25) is 0 Å². The van der Waals surface area contributed by atoms with Crippen LogP contribution in [0, 0.1) is 6.92 Å². The molecule has 3 rings (SSSR count). The van der Waals surface area contributed by atoms with Gasteiger partial charge in [0.25, 0.3) is 0 Å². The molecule has 0 bridgehead atoms. The van der Waals surface area contributed by atoms with Gasteiger partial charge in [-0.25, -0.2) is 13.1 Å². The summed E-state index contributed by atoms with van der Waals surface area (Å²) in [6.45, 7) is 9.72. The molecule has 164 valence electrons. The Balaban J connectivity index is 2.03. The minimum absolute atomic E-state index is 0.129. The number of aryl methyl sites for hydroxylation is 1. The van der Waals surface area contributed by atoms with Crippen LogP contribution in [0.15, 0.2) is 35.2 Å². The summed E-state index contributed by atoms with van der Waals surface area (Å²) in [5.74, 6) is 2.13. The van der Waals surface area contributed by atoms with Gasteiger partial charge >= 0.3 is 0 Å². The zero-order valence-electron chi connectivity index (χ0n) is 18.7. The van der Waals surface area contributed by atoms with Crippen LogP contribution < -0.4 is 18.9 Å². The van der Waals surface area contributed by atoms with E-state index in [1.807, 2.05) is 39.8 Å². The van der Waals surface area contributed by atoms with E-state index in [1.54, 1.807) is 39.3 Å². The third-order valence-electron chi connectivity index (χ3n) is 5.41. The SMILES string of the molecule is COc1ccc2c(c1)OC(C)(C)C[C@@H]2NS(=O)(=O)c1cc(C(C)C)c(OC)cc1C. The Morgan fingerprint density at radius 2 is 1.83 bits per heavy atom. The van der Waals surface area contributed by atoms with Gasteiger partial charge in [0.1, 0.15) is 22.8 Å². The molecule has 1 atom stereocenters. The van der Waals surface area contributed by atoms with Gasteiger partial charge in [-0.2, -0.15) is 0 Å². The normalized spacial score (nSPS) is 17.9. The first kappa shape index (κ1) is 22.4. The van der Waals surface area contributed by atoms with Crippen molar-refractivity contribution in [2.24, 2.45) is 0 Å². The number of rotatable bonds is 6. The highest BCUT2D eigenvalue weighted by atomic mass is 32.2. The van der Waals surface area contributed by atoms with Gasteiger partial charge in [0.2, 0.25) is 10.0 Å². The summed E-state index contributed by atoms with van der Waals surface area (Å²) in [6.07, 6.45) is 0.512. The summed E-state index contributed by atoms with van der Waals surface area (Å²) in [5, 5.41) is 0. The van der Waals surface area contributed by atoms with Crippen LogP contribution in [0.3, 0.4) is 0 Å². The third-order valence-corrected chi connectivity index (χ3v) is 7.03. The quantitative estimate of drug-likeness (QED) is 0.714. The van der Waals surface area contributed by atoms with Crippen molar-refractivity contribution in [3.8, 4) is 17.2 Å². The van der Waals surface area contributed by atoms with E-state index in [4.69, 9.17) is 14.2 Å². The first-order valence-electron chi connectivity index (χ1n) is 10.0. The second kappa shape index (κ2) is 8.12. The van der Waals surface area contributed by atoms with Crippen LogP contribution in [0.2, 0.25) is 0 Å². The Hall–Kier alpha value is -2.25. The fourth-order valence-electron chi connectivity index (χ4n) is 3.91. The van der Waals surface area contributed by atoms with E-state index in [9.17, 15) is 8.42 Å². The maximum Gasteiger partial charge on any atom is 0.241 e. The summed E-state index contributed by atoms with van der Waals surface area (Å²) in [4.78, 5) is 0.270. The number of hydrogen-bond acceptors (Lipinski definition) is 5. The molecule has 0 aromatic heterocycles. The number of sulfonamides is 1. The van der Waals surface area contributed by atoms with E-state index in [0.29, 0.717) is 29.2 Å². The van der Waals surface area contributed by atoms with Crippen molar-refractivity contribution >= 4 is 10.0 Å². The molecule has 1 heterocycles. The average molecular weight is 434 g/mol. The van der Waals surface area contributed by atoms with Crippen molar-refractivity contribution in [3.63, 3.8) is 0 Å². The van der Waals surface area contributed by atoms with Gasteiger partial charge in [0.15, 0.2) is 0 Å². The third kappa shape index (κ3) is 4.42. The van der Waals surface area contributed by atoms with E-state index in [1.165, 1.54) is 0 Å². The molecular formula is C23H31NO5S. The number of nitrogens with one attached hydrogen (secondary N) is 1. The van der Waals surface area contributed by atoms with E-state index < -0.39 is 21.7 Å². The largest absolute Gasteiger partial charge is 0.497 e. The lowest BCUT2D eigenvalue weighted by Gasteiger charge is -2.38. The highest BCUT2D eigenvalue weighted by Crippen LogP contribution is 2.42. The molecule has 0 fully saturated rings. The lowest BCUT2D eigenvalue weighted by molar-refractivity contribution is 0.0699. The van der Waals surface area contributed by atoms with Crippen molar-refractivity contribution in [3.05, 3.63) is 47.0 Å². The van der Waals surface area contributed by atoms with Gasteiger partial charge in [-0.15, -0.1) is 0 Å². The Bertz CT molecular complexity index is 1040. The molecule has 0 saturated carbocycles. The predicted molar refractivity (Wildman–Crippen MR) is 117 cm³/mol. The maximum atomic E-state index is 13.4. The minimum Gasteiger partial charge on any atom is -0.497 e. The van der Waals surface area contributed by atoms with Crippen LogP contribution in [0.1, 0.15) is 62.8 Å². The summed E-state index contributed by atoms with van der Waals surface area (Å²) in [6, 6.07) is 8.57. The first-order chi connectivity index (χ1) is 14.0. The minimum atomic E-state index is -3.77. The molecule has 1 aliphatic rings. The average Bonchev–Trinajstić information content (AvgIpc) is 2.65. The molecule has 0 saturated heterocycles. The number of fused-ring (bicyclic) bond motifs is 1. The van der Waals surface area contributed by atoms with Crippen LogP contribution in [0.5, 0.6) is 17.2 Å². The van der Waals surface area contributed by atoms with Crippen LogP contribution in [-0.4, -0.2) is 28.2 Å². The molecule has 1 aliphatic heterocycles. The molecule has 6 nitrogen and oxygen atoms in total. The van der Waals surface area contributed by atoms with Gasteiger partial charge in [0, 0.05) is 18.1 Å². The van der Waals surface area contributed by atoms with Crippen molar-refractivity contribution in [2.45, 2.75) is 63.5 Å². The molecule has 1 N–H and O–H groups in total. The molecule has 0 radical (unpaired) electrons. The van der Waals surface area contributed by atoms with E-state index in [2.05, 4.69) is 4.72 Å². The van der Waals surface area contributed by atoms with E-state index in [-0.39, 0.29) is 10.8 Å². The van der Waals surface area contributed by atoms with Crippen LogP contribution >= 0.6 is 0 Å². The second-order valence-corrected chi connectivity index (χ2v) is 10.3. The maximum absolute atomic E-state index is 13.4. The zero-order valence-corrected chi connectivity index (χ0v) is 19.5. The Labute approximate surface area is 179 Å². The van der Waals surface area contributed by atoms with Crippen molar-refractivity contribution in [1.29, 1.82) is 0 Å². The van der Waals surface area contributed by atoms with Crippen molar-refractivity contribution in [1.82, 2.24) is 4.72 Å². The van der Waals surface area contributed by atoms with Gasteiger partial charge in [-0.1, -0.05) is 19.9 Å². The molecule has 30 heavy (non-hydrogen) atoms. The summed E-state index contributed by atoms with van der Waals surface area (Å²) >= 11 is 0. The van der Waals surface area contributed by atoms with Crippen LogP contribution in [0.4, 0.5) is 0 Å². The number of benzene rings is 2. The summed E-state index contributed by atoms with van der Waals surface area (Å²) < 4.78 is 46.6. The molecule has 2 aromatic carbocycles. The van der Waals surface area contributed by atoms with Gasteiger partial charge < -0.3 is 14.2 Å². The van der Waals surface area contributed by atoms with Crippen molar-refractivity contribution < 1.29 is 22.6 Å². The number of ether oxygens (including phenoxy) is 3. The molecule has 0 unspecified atom stereocenters. The van der Waals surface area contributed by atoms with Gasteiger partial charge in [0.05, 0.1) is 25.2 Å². The van der Waals surface area contributed by atoms with Gasteiger partial charge in [-0.05, 0) is 56.0 Å². The van der Waals surface area contributed by atoms with Crippen molar-refractivity contribution in [2.75, 3.05) is 14.2 Å². The smallest absolute Gasteiger partial charge is 0.241 e.